The van der Waals surface area contributed by atoms with Gasteiger partial charge in [0.25, 0.3) is 0 Å². The highest BCUT2D eigenvalue weighted by Crippen LogP contribution is 2.43. The van der Waals surface area contributed by atoms with Gasteiger partial charge < -0.3 is 10.6 Å². The molecule has 2 N–H and O–H groups in total. The molecule has 0 radical (unpaired) electrons. The quantitative estimate of drug-likeness (QED) is 0.887. The van der Waals surface area contributed by atoms with Crippen molar-refractivity contribution in [2.75, 3.05) is 19.6 Å². The zero-order chi connectivity index (χ0) is 14.0. The summed E-state index contributed by atoms with van der Waals surface area (Å²) in [5.41, 5.74) is 1.53. The lowest BCUT2D eigenvalue weighted by atomic mass is 9.64. The van der Waals surface area contributed by atoms with Gasteiger partial charge in [-0.2, -0.15) is 0 Å². The molecule has 1 heterocycles. The Morgan fingerprint density at radius 3 is 2.65 bits per heavy atom. The minimum atomic E-state index is 0.164. The minimum Gasteiger partial charge on any atom is -0.355 e. The molecule has 0 bridgehead atoms. The number of carbonyl (C=O) groups excluding carboxylic acids is 1. The van der Waals surface area contributed by atoms with E-state index in [0.29, 0.717) is 0 Å². The Bertz CT molecular complexity index is 476. The zero-order valence-electron chi connectivity index (χ0n) is 11.6. The first kappa shape index (κ1) is 14.1. The Kier molecular flexibility index (Phi) is 4.13. The molecule has 1 saturated heterocycles. The van der Waals surface area contributed by atoms with Crippen molar-refractivity contribution >= 4 is 21.8 Å². The smallest absolute Gasteiger partial charge is 0.224 e. The fourth-order valence-electron chi connectivity index (χ4n) is 3.25. The van der Waals surface area contributed by atoms with Gasteiger partial charge in [0.05, 0.1) is 5.92 Å². The van der Waals surface area contributed by atoms with Gasteiger partial charge in [0.15, 0.2) is 0 Å². The molecule has 108 valence electrons. The van der Waals surface area contributed by atoms with Gasteiger partial charge in [-0.15, -0.1) is 0 Å². The number of halogens is 1. The van der Waals surface area contributed by atoms with Crippen LogP contribution in [0.2, 0.25) is 0 Å². The molecule has 0 spiro atoms. The first-order chi connectivity index (χ1) is 9.70. The van der Waals surface area contributed by atoms with Gasteiger partial charge in [0, 0.05) is 23.0 Å². The van der Waals surface area contributed by atoms with E-state index >= 15 is 0 Å². The average molecular weight is 337 g/mol. The Hall–Kier alpha value is -0.870. The highest BCUT2D eigenvalue weighted by atomic mass is 79.9. The van der Waals surface area contributed by atoms with Gasteiger partial charge in [0.1, 0.15) is 0 Å². The maximum absolute atomic E-state index is 12.2. The lowest BCUT2D eigenvalue weighted by Gasteiger charge is -2.42. The number of amides is 1. The van der Waals surface area contributed by atoms with Crippen molar-refractivity contribution in [1.82, 2.24) is 10.6 Å². The van der Waals surface area contributed by atoms with Crippen LogP contribution in [-0.2, 0) is 10.2 Å². The van der Waals surface area contributed by atoms with Crippen LogP contribution in [0.5, 0.6) is 0 Å². The van der Waals surface area contributed by atoms with Gasteiger partial charge >= 0.3 is 0 Å². The zero-order valence-corrected chi connectivity index (χ0v) is 13.2. The lowest BCUT2D eigenvalue weighted by Crippen LogP contribution is -2.47. The van der Waals surface area contributed by atoms with Gasteiger partial charge in [-0.3, -0.25) is 4.79 Å². The number of hydrogen-bond donors (Lipinski definition) is 2. The van der Waals surface area contributed by atoms with Crippen LogP contribution in [0.1, 0.15) is 31.2 Å². The average Bonchev–Trinajstić information content (AvgIpc) is 2.93. The van der Waals surface area contributed by atoms with E-state index in [0.717, 1.165) is 30.5 Å². The van der Waals surface area contributed by atoms with Crippen molar-refractivity contribution in [3.05, 3.63) is 34.3 Å². The maximum Gasteiger partial charge on any atom is 0.224 e. The highest BCUT2D eigenvalue weighted by Gasteiger charge is 2.39. The predicted molar refractivity (Wildman–Crippen MR) is 83.7 cm³/mol. The molecule has 1 aliphatic heterocycles. The molecule has 1 aliphatic carbocycles. The van der Waals surface area contributed by atoms with E-state index in [1.807, 2.05) is 0 Å². The van der Waals surface area contributed by atoms with E-state index < -0.39 is 0 Å². The topological polar surface area (TPSA) is 41.1 Å². The first-order valence-corrected chi connectivity index (χ1v) is 8.23. The third kappa shape index (κ3) is 2.77. The van der Waals surface area contributed by atoms with Crippen LogP contribution in [-0.4, -0.2) is 25.5 Å². The summed E-state index contributed by atoms with van der Waals surface area (Å²) in [7, 11) is 0. The van der Waals surface area contributed by atoms with Gasteiger partial charge in [-0.05, 0) is 43.5 Å². The maximum atomic E-state index is 12.2. The van der Waals surface area contributed by atoms with Gasteiger partial charge in [0.2, 0.25) is 5.91 Å². The molecule has 20 heavy (non-hydrogen) atoms. The molecule has 2 fully saturated rings. The van der Waals surface area contributed by atoms with E-state index in [1.165, 1.54) is 24.8 Å². The van der Waals surface area contributed by atoms with Crippen LogP contribution in [0.3, 0.4) is 0 Å². The summed E-state index contributed by atoms with van der Waals surface area (Å²) in [6.45, 7) is 2.58. The molecule has 4 heteroatoms. The van der Waals surface area contributed by atoms with Crippen LogP contribution in [0.25, 0.3) is 0 Å². The van der Waals surface area contributed by atoms with Crippen LogP contribution in [0.4, 0.5) is 0 Å². The molecule has 1 aromatic carbocycles. The third-order valence-electron chi connectivity index (χ3n) is 4.80. The second-order valence-corrected chi connectivity index (χ2v) is 6.96. The molecule has 0 unspecified atom stereocenters. The number of benzene rings is 1. The van der Waals surface area contributed by atoms with E-state index in [-0.39, 0.29) is 17.2 Å². The predicted octanol–water partition coefficient (Wildman–Crippen LogP) is 2.60. The van der Waals surface area contributed by atoms with Gasteiger partial charge in [-0.25, -0.2) is 0 Å². The summed E-state index contributed by atoms with van der Waals surface area (Å²) >= 11 is 3.48. The molecule has 3 rings (SSSR count). The molecule has 3 nitrogen and oxygen atoms in total. The Morgan fingerprint density at radius 2 is 2.10 bits per heavy atom. The Labute approximate surface area is 128 Å². The highest BCUT2D eigenvalue weighted by molar-refractivity contribution is 9.10. The lowest BCUT2D eigenvalue weighted by molar-refractivity contribution is -0.124. The van der Waals surface area contributed by atoms with Crippen molar-refractivity contribution in [1.29, 1.82) is 0 Å². The van der Waals surface area contributed by atoms with Crippen LogP contribution in [0, 0.1) is 5.92 Å². The summed E-state index contributed by atoms with van der Waals surface area (Å²) in [6, 6.07) is 8.56. The second-order valence-electron chi connectivity index (χ2n) is 6.05. The van der Waals surface area contributed by atoms with Crippen molar-refractivity contribution in [2.24, 2.45) is 5.92 Å². The summed E-state index contributed by atoms with van der Waals surface area (Å²) in [6.07, 6.45) is 4.59. The monoisotopic (exact) mass is 336 g/mol. The van der Waals surface area contributed by atoms with Crippen LogP contribution >= 0.6 is 15.9 Å². The molecule has 1 atom stereocenters. The third-order valence-corrected chi connectivity index (χ3v) is 5.33. The van der Waals surface area contributed by atoms with E-state index in [1.54, 1.807) is 0 Å². The molecule has 1 aromatic rings. The summed E-state index contributed by atoms with van der Waals surface area (Å²) in [5.74, 6) is 0.385. The Morgan fingerprint density at radius 1 is 1.35 bits per heavy atom. The summed E-state index contributed by atoms with van der Waals surface area (Å²) in [5, 5.41) is 6.44. The van der Waals surface area contributed by atoms with Crippen LogP contribution in [0.15, 0.2) is 28.7 Å². The van der Waals surface area contributed by atoms with Crippen LogP contribution < -0.4 is 10.6 Å². The van der Waals surface area contributed by atoms with Crippen molar-refractivity contribution in [3.8, 4) is 0 Å². The molecule has 1 saturated carbocycles. The normalized spacial score (nSPS) is 24.1. The number of rotatable bonds is 4. The SMILES string of the molecule is O=C(NCC1(c2ccc(Br)cc2)CCC1)[C@@H]1CCNC1. The van der Waals surface area contributed by atoms with E-state index in [4.69, 9.17) is 0 Å². The standard InChI is InChI=1S/C16H21BrN2O/c17-14-4-2-13(3-5-14)16(7-1-8-16)11-19-15(20)12-6-9-18-10-12/h2-5,12,18H,1,6-11H2,(H,19,20)/t12-/m1/s1. The number of hydrogen-bond acceptors (Lipinski definition) is 2. The number of carbonyl (C=O) groups is 1. The van der Waals surface area contributed by atoms with Gasteiger partial charge in [-0.1, -0.05) is 34.5 Å². The van der Waals surface area contributed by atoms with Crippen molar-refractivity contribution < 1.29 is 4.79 Å². The fraction of sp³-hybridized carbons (Fsp3) is 0.562. The van der Waals surface area contributed by atoms with Crippen molar-refractivity contribution in [2.45, 2.75) is 31.1 Å². The molecule has 2 aliphatic rings. The van der Waals surface area contributed by atoms with Crippen molar-refractivity contribution in [3.63, 3.8) is 0 Å². The summed E-state index contributed by atoms with van der Waals surface area (Å²) < 4.78 is 1.11. The first-order valence-electron chi connectivity index (χ1n) is 7.44. The molecular formula is C16H21BrN2O. The largest absolute Gasteiger partial charge is 0.355 e. The van der Waals surface area contributed by atoms with E-state index in [2.05, 4.69) is 50.8 Å². The summed E-state index contributed by atoms with van der Waals surface area (Å²) in [4.78, 5) is 12.2. The fourth-order valence-corrected chi connectivity index (χ4v) is 3.52. The molecule has 0 aromatic heterocycles. The molecule has 1 amide bonds. The minimum absolute atomic E-state index is 0.164. The number of nitrogens with one attached hydrogen (secondary N) is 2. The molecular weight excluding hydrogens is 316 g/mol. The Balaban J connectivity index is 1.64. The second kappa shape index (κ2) is 5.86. The van der Waals surface area contributed by atoms with E-state index in [9.17, 15) is 4.79 Å².